The Balaban J connectivity index is 1.42. The standard InChI is InChI=1S/C24H28FNO2/c1-16-22-14-18-7-10-20(27)15-21(18)24(16,2)11-13-26(22)12-3-4-23(28)17-5-8-19(25)9-6-17/h5-10,15-16,22,27H,3-4,11-14H2,1-2H3/t16-,22-,24-/m1/s1. The number of carbonyl (C=O) groups is 1. The lowest BCUT2D eigenvalue weighted by molar-refractivity contribution is 0.0303. The number of carbonyl (C=O) groups excluding carboxylic acids is 1. The van der Waals surface area contributed by atoms with E-state index in [4.69, 9.17) is 0 Å². The molecule has 28 heavy (non-hydrogen) atoms. The van der Waals surface area contributed by atoms with Crippen LogP contribution in [0.15, 0.2) is 42.5 Å². The second-order valence-electron chi connectivity index (χ2n) is 8.64. The Hall–Kier alpha value is -2.20. The maximum absolute atomic E-state index is 13.0. The van der Waals surface area contributed by atoms with Gasteiger partial charge in [0.05, 0.1) is 0 Å². The van der Waals surface area contributed by atoms with Gasteiger partial charge in [0.1, 0.15) is 11.6 Å². The van der Waals surface area contributed by atoms with Gasteiger partial charge in [-0.05, 0) is 91.2 Å². The van der Waals surface area contributed by atoms with E-state index >= 15 is 0 Å². The molecule has 3 nitrogen and oxygen atoms in total. The van der Waals surface area contributed by atoms with Gasteiger partial charge in [-0.1, -0.05) is 19.9 Å². The molecular formula is C24H28FNO2. The van der Waals surface area contributed by atoms with Crippen molar-refractivity contribution in [2.24, 2.45) is 5.92 Å². The van der Waals surface area contributed by atoms with Crippen LogP contribution in [-0.4, -0.2) is 34.9 Å². The molecule has 4 heteroatoms. The van der Waals surface area contributed by atoms with Gasteiger partial charge < -0.3 is 5.11 Å². The normalized spacial score (nSPS) is 26.7. The van der Waals surface area contributed by atoms with Crippen LogP contribution in [0.1, 0.15) is 54.6 Å². The fourth-order valence-electron chi connectivity index (χ4n) is 5.20. The number of halogens is 1. The van der Waals surface area contributed by atoms with Crippen molar-refractivity contribution < 1.29 is 14.3 Å². The summed E-state index contributed by atoms with van der Waals surface area (Å²) in [6.07, 6.45) is 3.37. The Kier molecular flexibility index (Phi) is 5.00. The summed E-state index contributed by atoms with van der Waals surface area (Å²) in [6.45, 7) is 6.59. The van der Waals surface area contributed by atoms with Crippen molar-refractivity contribution in [2.45, 2.75) is 51.0 Å². The van der Waals surface area contributed by atoms with E-state index in [1.807, 2.05) is 6.07 Å². The number of phenols is 1. The predicted molar refractivity (Wildman–Crippen MR) is 108 cm³/mol. The molecule has 1 saturated heterocycles. The smallest absolute Gasteiger partial charge is 0.162 e. The molecule has 1 N–H and O–H groups in total. The van der Waals surface area contributed by atoms with Gasteiger partial charge in [0.15, 0.2) is 5.78 Å². The predicted octanol–water partition coefficient (Wildman–Crippen LogP) is 4.72. The van der Waals surface area contributed by atoms with Gasteiger partial charge in [-0.2, -0.15) is 0 Å². The molecule has 2 bridgehead atoms. The number of piperidine rings is 1. The first-order valence-corrected chi connectivity index (χ1v) is 10.2. The molecule has 1 aliphatic heterocycles. The van der Waals surface area contributed by atoms with Crippen LogP contribution < -0.4 is 0 Å². The number of hydrogen-bond donors (Lipinski definition) is 1. The second-order valence-corrected chi connectivity index (χ2v) is 8.64. The summed E-state index contributed by atoms with van der Waals surface area (Å²) in [7, 11) is 0. The maximum atomic E-state index is 13.0. The Morgan fingerprint density at radius 1 is 1.25 bits per heavy atom. The molecule has 3 atom stereocenters. The first-order chi connectivity index (χ1) is 13.4. The quantitative estimate of drug-likeness (QED) is 0.762. The number of fused-ring (bicyclic) bond motifs is 4. The summed E-state index contributed by atoms with van der Waals surface area (Å²) >= 11 is 0. The highest BCUT2D eigenvalue weighted by Crippen LogP contribution is 2.49. The highest BCUT2D eigenvalue weighted by atomic mass is 19.1. The van der Waals surface area contributed by atoms with E-state index in [1.54, 1.807) is 18.2 Å². The number of aromatic hydroxyl groups is 1. The fraction of sp³-hybridized carbons (Fsp3) is 0.458. The van der Waals surface area contributed by atoms with E-state index in [0.29, 0.717) is 29.7 Å². The molecule has 2 aliphatic rings. The summed E-state index contributed by atoms with van der Waals surface area (Å²) in [5.41, 5.74) is 3.34. The summed E-state index contributed by atoms with van der Waals surface area (Å²) in [6, 6.07) is 12.1. The number of nitrogens with zero attached hydrogens (tertiary/aromatic N) is 1. The minimum atomic E-state index is -0.312. The van der Waals surface area contributed by atoms with Crippen LogP contribution in [0, 0.1) is 11.7 Å². The molecule has 2 aromatic carbocycles. The van der Waals surface area contributed by atoms with Gasteiger partial charge in [-0.25, -0.2) is 4.39 Å². The molecule has 4 rings (SSSR count). The third-order valence-corrected chi connectivity index (χ3v) is 7.12. The van der Waals surface area contributed by atoms with Crippen molar-refractivity contribution in [3.63, 3.8) is 0 Å². The van der Waals surface area contributed by atoms with E-state index < -0.39 is 0 Å². The van der Waals surface area contributed by atoms with Gasteiger partial charge in [0, 0.05) is 18.0 Å². The van der Waals surface area contributed by atoms with Gasteiger partial charge in [0.25, 0.3) is 0 Å². The van der Waals surface area contributed by atoms with Gasteiger partial charge >= 0.3 is 0 Å². The van der Waals surface area contributed by atoms with E-state index in [1.165, 1.54) is 23.3 Å². The maximum Gasteiger partial charge on any atom is 0.162 e. The Labute approximate surface area is 166 Å². The molecule has 148 valence electrons. The van der Waals surface area contributed by atoms with Crippen LogP contribution in [0.2, 0.25) is 0 Å². The molecule has 0 unspecified atom stereocenters. The van der Waals surface area contributed by atoms with Gasteiger partial charge in [0.2, 0.25) is 0 Å². The van der Waals surface area contributed by atoms with Crippen molar-refractivity contribution in [2.75, 3.05) is 13.1 Å². The number of likely N-dealkylation sites (tertiary alicyclic amines) is 1. The number of phenolic OH excluding ortho intramolecular Hbond substituents is 1. The number of ketones is 1. The van der Waals surface area contributed by atoms with E-state index in [0.717, 1.165) is 32.4 Å². The van der Waals surface area contributed by atoms with Crippen molar-refractivity contribution in [1.82, 2.24) is 4.90 Å². The number of rotatable bonds is 5. The van der Waals surface area contributed by atoms with Crippen LogP contribution in [0.3, 0.4) is 0 Å². The van der Waals surface area contributed by atoms with Gasteiger partial charge in [-0.15, -0.1) is 0 Å². The summed E-state index contributed by atoms with van der Waals surface area (Å²) < 4.78 is 13.0. The zero-order valence-corrected chi connectivity index (χ0v) is 16.6. The van der Waals surface area contributed by atoms with Crippen molar-refractivity contribution in [3.8, 4) is 5.75 Å². The molecule has 0 saturated carbocycles. The van der Waals surface area contributed by atoms with Crippen molar-refractivity contribution in [1.29, 1.82) is 0 Å². The summed E-state index contributed by atoms with van der Waals surface area (Å²) in [4.78, 5) is 14.9. The lowest BCUT2D eigenvalue weighted by Crippen LogP contribution is -2.58. The summed E-state index contributed by atoms with van der Waals surface area (Å²) in [5, 5.41) is 9.95. The molecular weight excluding hydrogens is 353 g/mol. The molecule has 0 aromatic heterocycles. The van der Waals surface area contributed by atoms with Crippen LogP contribution in [-0.2, 0) is 11.8 Å². The van der Waals surface area contributed by atoms with E-state index in [-0.39, 0.29) is 17.0 Å². The van der Waals surface area contributed by atoms with E-state index in [2.05, 4.69) is 24.8 Å². The average Bonchev–Trinajstić information content (AvgIpc) is 2.67. The number of Topliss-reactive ketones (excluding diaryl/α,β-unsaturated/α-hetero) is 1. The van der Waals surface area contributed by atoms with Crippen molar-refractivity contribution >= 4 is 5.78 Å². The first kappa shape index (κ1) is 19.1. The second kappa shape index (κ2) is 7.32. The highest BCUT2D eigenvalue weighted by Gasteiger charge is 2.48. The molecule has 1 aliphatic carbocycles. The lowest BCUT2D eigenvalue weighted by Gasteiger charge is -2.54. The molecule has 0 spiro atoms. The van der Waals surface area contributed by atoms with E-state index in [9.17, 15) is 14.3 Å². The van der Waals surface area contributed by atoms with Gasteiger partial charge in [-0.3, -0.25) is 9.69 Å². The molecule has 2 aromatic rings. The summed E-state index contributed by atoms with van der Waals surface area (Å²) in [5.74, 6) is 0.628. The molecule has 0 radical (unpaired) electrons. The minimum absolute atomic E-state index is 0.0827. The fourth-order valence-corrected chi connectivity index (χ4v) is 5.20. The first-order valence-electron chi connectivity index (χ1n) is 10.2. The zero-order chi connectivity index (χ0) is 19.9. The minimum Gasteiger partial charge on any atom is -0.508 e. The molecule has 1 heterocycles. The van der Waals surface area contributed by atoms with Crippen LogP contribution in [0.4, 0.5) is 4.39 Å². The number of hydrogen-bond acceptors (Lipinski definition) is 3. The SMILES string of the molecule is C[C@@H]1[C@H]2Cc3ccc(O)cc3[C@]1(C)CCN2CCCC(=O)c1ccc(F)cc1. The Bertz CT molecular complexity index is 879. The third-order valence-electron chi connectivity index (χ3n) is 7.12. The average molecular weight is 381 g/mol. The third kappa shape index (κ3) is 3.35. The highest BCUT2D eigenvalue weighted by molar-refractivity contribution is 5.95. The molecule has 1 fully saturated rings. The largest absolute Gasteiger partial charge is 0.508 e. The lowest BCUT2D eigenvalue weighted by atomic mass is 9.59. The van der Waals surface area contributed by atoms with Crippen molar-refractivity contribution in [3.05, 3.63) is 65.0 Å². The number of benzene rings is 2. The Morgan fingerprint density at radius 2 is 2.00 bits per heavy atom. The van der Waals surface area contributed by atoms with Crippen LogP contribution in [0.25, 0.3) is 0 Å². The monoisotopic (exact) mass is 381 g/mol. The molecule has 0 amide bonds. The van der Waals surface area contributed by atoms with Crippen LogP contribution in [0.5, 0.6) is 5.75 Å². The Morgan fingerprint density at radius 3 is 2.75 bits per heavy atom. The van der Waals surface area contributed by atoms with Crippen LogP contribution >= 0.6 is 0 Å². The topological polar surface area (TPSA) is 40.5 Å². The zero-order valence-electron chi connectivity index (χ0n) is 16.6.